The molecule has 0 saturated carbocycles. The van der Waals surface area contributed by atoms with E-state index in [1.807, 2.05) is 27.1 Å². The lowest BCUT2D eigenvalue weighted by Crippen LogP contribution is -2.08. The second kappa shape index (κ2) is 5.33. The monoisotopic (exact) mass is 325 g/mol. The first kappa shape index (κ1) is 14.1. The van der Waals surface area contributed by atoms with Crippen LogP contribution in [0, 0.1) is 19.7 Å². The smallest absolute Gasteiger partial charge is 0.137 e. The van der Waals surface area contributed by atoms with Gasteiger partial charge in [-0.25, -0.2) is 4.39 Å². The van der Waals surface area contributed by atoms with Crippen molar-refractivity contribution in [2.45, 2.75) is 26.8 Å². The topological polar surface area (TPSA) is 29.9 Å². The second-order valence-corrected chi connectivity index (χ2v) is 5.65. The lowest BCUT2D eigenvalue weighted by atomic mass is 10.1. The van der Waals surface area contributed by atoms with Crippen molar-refractivity contribution in [3.63, 3.8) is 0 Å². The Morgan fingerprint density at radius 3 is 2.63 bits per heavy atom. The Bertz CT molecular complexity index is 607. The molecule has 1 aromatic carbocycles. The molecule has 0 saturated heterocycles. The van der Waals surface area contributed by atoms with Crippen LogP contribution < -0.4 is 5.32 Å². The highest BCUT2D eigenvalue weighted by atomic mass is 79.9. The quantitative estimate of drug-likeness (QED) is 0.920. The van der Waals surface area contributed by atoms with E-state index in [0.29, 0.717) is 4.47 Å². The van der Waals surface area contributed by atoms with Gasteiger partial charge in [-0.15, -0.1) is 0 Å². The molecule has 1 heterocycles. The zero-order valence-electron chi connectivity index (χ0n) is 11.5. The van der Waals surface area contributed by atoms with Gasteiger partial charge in [0.05, 0.1) is 16.2 Å². The van der Waals surface area contributed by atoms with Gasteiger partial charge in [-0.1, -0.05) is 0 Å². The van der Waals surface area contributed by atoms with Crippen molar-refractivity contribution in [1.29, 1.82) is 0 Å². The Hall–Kier alpha value is -1.36. The predicted molar refractivity (Wildman–Crippen MR) is 78.8 cm³/mol. The fourth-order valence-corrected chi connectivity index (χ4v) is 2.50. The largest absolute Gasteiger partial charge is 0.378 e. The number of rotatable bonds is 3. The zero-order valence-corrected chi connectivity index (χ0v) is 13.0. The molecule has 0 spiro atoms. The molecule has 0 bridgehead atoms. The summed E-state index contributed by atoms with van der Waals surface area (Å²) in [5, 5.41) is 7.73. The molecule has 5 heteroatoms. The molecule has 0 aliphatic rings. The predicted octanol–water partition coefficient (Wildman–Crippen LogP) is 4.11. The van der Waals surface area contributed by atoms with Gasteiger partial charge >= 0.3 is 0 Å². The van der Waals surface area contributed by atoms with E-state index in [9.17, 15) is 4.39 Å². The number of hydrogen-bond acceptors (Lipinski definition) is 2. The number of aromatic nitrogens is 2. The Morgan fingerprint density at radius 1 is 1.37 bits per heavy atom. The molecule has 0 fully saturated rings. The summed E-state index contributed by atoms with van der Waals surface area (Å²) in [5.74, 6) is -0.242. The van der Waals surface area contributed by atoms with Gasteiger partial charge < -0.3 is 5.32 Å². The summed E-state index contributed by atoms with van der Waals surface area (Å²) in [6, 6.07) is 3.41. The highest BCUT2D eigenvalue weighted by Crippen LogP contribution is 2.28. The van der Waals surface area contributed by atoms with Crippen LogP contribution in [0.3, 0.4) is 0 Å². The van der Waals surface area contributed by atoms with Crippen LogP contribution in [0.5, 0.6) is 0 Å². The molecule has 0 amide bonds. The molecule has 1 aromatic heterocycles. The SMILES string of the molecule is Cc1cc(F)c(Br)cc1NC(C)c1cn(C)nc1C. The summed E-state index contributed by atoms with van der Waals surface area (Å²) in [7, 11) is 1.91. The van der Waals surface area contributed by atoms with Crippen molar-refractivity contribution < 1.29 is 4.39 Å². The lowest BCUT2D eigenvalue weighted by Gasteiger charge is -2.17. The molecular formula is C14H17BrFN3. The number of aryl methyl sites for hydroxylation is 3. The molecule has 0 radical (unpaired) electrons. The van der Waals surface area contributed by atoms with Crippen LogP contribution >= 0.6 is 15.9 Å². The van der Waals surface area contributed by atoms with Gasteiger partial charge in [-0.05, 0) is 54.4 Å². The third-order valence-corrected chi connectivity index (χ3v) is 3.76. The first-order chi connectivity index (χ1) is 8.88. The van der Waals surface area contributed by atoms with E-state index >= 15 is 0 Å². The van der Waals surface area contributed by atoms with Crippen LogP contribution in [0.2, 0.25) is 0 Å². The van der Waals surface area contributed by atoms with Gasteiger partial charge in [0.15, 0.2) is 0 Å². The average Bonchev–Trinajstić information content (AvgIpc) is 2.65. The van der Waals surface area contributed by atoms with Crippen molar-refractivity contribution in [3.05, 3.63) is 45.4 Å². The maximum Gasteiger partial charge on any atom is 0.137 e. The van der Waals surface area contributed by atoms with E-state index in [-0.39, 0.29) is 11.9 Å². The second-order valence-electron chi connectivity index (χ2n) is 4.79. The highest BCUT2D eigenvalue weighted by Gasteiger charge is 2.13. The standard InChI is InChI=1S/C14H17BrFN3/c1-8-5-13(16)12(15)6-14(8)17-9(2)11-7-19(4)18-10(11)3/h5-7,9,17H,1-4H3. The summed E-state index contributed by atoms with van der Waals surface area (Å²) in [6.45, 7) is 5.95. The molecule has 2 aromatic rings. The third-order valence-electron chi connectivity index (χ3n) is 3.16. The van der Waals surface area contributed by atoms with E-state index in [4.69, 9.17) is 0 Å². The van der Waals surface area contributed by atoms with Crippen molar-refractivity contribution in [2.75, 3.05) is 5.32 Å². The van der Waals surface area contributed by atoms with Crippen LogP contribution in [0.15, 0.2) is 22.8 Å². The minimum atomic E-state index is -0.242. The van der Waals surface area contributed by atoms with Crippen molar-refractivity contribution >= 4 is 21.6 Å². The van der Waals surface area contributed by atoms with E-state index in [1.54, 1.807) is 10.7 Å². The molecule has 3 nitrogen and oxygen atoms in total. The molecule has 2 rings (SSSR count). The molecule has 0 aliphatic heterocycles. The first-order valence-electron chi connectivity index (χ1n) is 6.11. The normalized spacial score (nSPS) is 12.5. The van der Waals surface area contributed by atoms with Crippen molar-refractivity contribution in [3.8, 4) is 0 Å². The zero-order chi connectivity index (χ0) is 14.2. The molecular weight excluding hydrogens is 309 g/mol. The minimum absolute atomic E-state index is 0.116. The summed E-state index contributed by atoms with van der Waals surface area (Å²) < 4.78 is 15.7. The summed E-state index contributed by atoms with van der Waals surface area (Å²) in [5.41, 5.74) is 3.95. The van der Waals surface area contributed by atoms with Crippen LogP contribution in [0.25, 0.3) is 0 Å². The number of benzene rings is 1. The average molecular weight is 326 g/mol. The van der Waals surface area contributed by atoms with Gasteiger partial charge in [0.25, 0.3) is 0 Å². The number of anilines is 1. The number of hydrogen-bond donors (Lipinski definition) is 1. The van der Waals surface area contributed by atoms with Crippen LogP contribution in [-0.2, 0) is 7.05 Å². The molecule has 1 N–H and O–H groups in total. The number of nitrogens with one attached hydrogen (secondary N) is 1. The summed E-state index contributed by atoms with van der Waals surface area (Å²) >= 11 is 3.21. The van der Waals surface area contributed by atoms with Crippen LogP contribution in [-0.4, -0.2) is 9.78 Å². The summed E-state index contributed by atoms with van der Waals surface area (Å²) in [4.78, 5) is 0. The van der Waals surface area contributed by atoms with E-state index < -0.39 is 0 Å². The van der Waals surface area contributed by atoms with Gasteiger partial charge in [0, 0.05) is 24.5 Å². The van der Waals surface area contributed by atoms with Crippen LogP contribution in [0.4, 0.5) is 10.1 Å². The van der Waals surface area contributed by atoms with Crippen molar-refractivity contribution in [2.24, 2.45) is 7.05 Å². The Labute approximate surface area is 121 Å². The van der Waals surface area contributed by atoms with Gasteiger partial charge in [-0.2, -0.15) is 5.10 Å². The Balaban J connectivity index is 2.26. The molecule has 0 aliphatic carbocycles. The fourth-order valence-electron chi connectivity index (χ4n) is 2.16. The highest BCUT2D eigenvalue weighted by molar-refractivity contribution is 9.10. The first-order valence-corrected chi connectivity index (χ1v) is 6.90. The van der Waals surface area contributed by atoms with Gasteiger partial charge in [-0.3, -0.25) is 4.68 Å². The Morgan fingerprint density at radius 2 is 2.05 bits per heavy atom. The van der Waals surface area contributed by atoms with E-state index in [0.717, 1.165) is 22.5 Å². The van der Waals surface area contributed by atoms with E-state index in [1.165, 1.54) is 6.07 Å². The van der Waals surface area contributed by atoms with Crippen molar-refractivity contribution in [1.82, 2.24) is 9.78 Å². The third kappa shape index (κ3) is 2.97. The fraction of sp³-hybridized carbons (Fsp3) is 0.357. The lowest BCUT2D eigenvalue weighted by molar-refractivity contribution is 0.620. The van der Waals surface area contributed by atoms with Gasteiger partial charge in [0.2, 0.25) is 0 Å². The molecule has 1 atom stereocenters. The maximum atomic E-state index is 13.4. The number of nitrogens with zero attached hydrogens (tertiary/aromatic N) is 2. The Kier molecular flexibility index (Phi) is 3.94. The molecule has 102 valence electrons. The maximum absolute atomic E-state index is 13.4. The van der Waals surface area contributed by atoms with Crippen LogP contribution in [0.1, 0.15) is 29.8 Å². The summed E-state index contributed by atoms with van der Waals surface area (Å²) in [6.07, 6.45) is 2.00. The molecule has 1 unspecified atom stereocenters. The molecule has 19 heavy (non-hydrogen) atoms. The minimum Gasteiger partial charge on any atom is -0.378 e. The number of halogens is 2. The van der Waals surface area contributed by atoms with Gasteiger partial charge in [0.1, 0.15) is 5.82 Å². The van der Waals surface area contributed by atoms with E-state index in [2.05, 4.69) is 33.3 Å².